The van der Waals surface area contributed by atoms with E-state index in [0.29, 0.717) is 13.0 Å². The third kappa shape index (κ3) is 4.51. The van der Waals surface area contributed by atoms with Crippen molar-refractivity contribution in [1.29, 1.82) is 5.26 Å². The van der Waals surface area contributed by atoms with E-state index in [1.807, 2.05) is 18.0 Å². The van der Waals surface area contributed by atoms with Crippen molar-refractivity contribution in [2.45, 2.75) is 26.0 Å². The first-order chi connectivity index (χ1) is 8.02. The molecule has 1 unspecified atom stereocenters. The van der Waals surface area contributed by atoms with Gasteiger partial charge in [0, 0.05) is 13.1 Å². The predicted octanol–water partition coefficient (Wildman–Crippen LogP) is 1.90. The summed E-state index contributed by atoms with van der Waals surface area (Å²) >= 11 is 0. The Labute approximate surface area is 101 Å². The lowest BCUT2D eigenvalue weighted by Crippen LogP contribution is -2.22. The average Bonchev–Trinajstić information content (AvgIpc) is 2.29. The number of hydrogen-bond acceptors (Lipinski definition) is 3. The van der Waals surface area contributed by atoms with Crippen LogP contribution in [0.3, 0.4) is 0 Å². The maximum absolute atomic E-state index is 13.1. The van der Waals surface area contributed by atoms with Gasteiger partial charge >= 0.3 is 0 Å². The van der Waals surface area contributed by atoms with E-state index < -0.39 is 5.82 Å². The molecule has 1 aromatic rings. The Morgan fingerprint density at radius 2 is 2.24 bits per heavy atom. The zero-order valence-electron chi connectivity index (χ0n) is 10.2. The minimum absolute atomic E-state index is 0.0754. The molecule has 0 aromatic heterocycles. The number of hydrogen-bond donors (Lipinski definition) is 1. The van der Waals surface area contributed by atoms with E-state index in [1.54, 1.807) is 19.1 Å². The highest BCUT2D eigenvalue weighted by atomic mass is 19.1. The Kier molecular flexibility index (Phi) is 5.08. The van der Waals surface area contributed by atoms with Gasteiger partial charge in [-0.2, -0.15) is 5.26 Å². The van der Waals surface area contributed by atoms with Crippen LogP contribution >= 0.6 is 0 Å². The summed E-state index contributed by atoms with van der Waals surface area (Å²) in [6, 6.07) is 6.38. The Morgan fingerprint density at radius 3 is 2.82 bits per heavy atom. The normalized spacial score (nSPS) is 12.5. The number of benzene rings is 1. The van der Waals surface area contributed by atoms with Crippen LogP contribution in [0.1, 0.15) is 24.5 Å². The molecule has 4 heteroatoms. The van der Waals surface area contributed by atoms with Crippen LogP contribution in [0.5, 0.6) is 0 Å². The highest BCUT2D eigenvalue weighted by molar-refractivity contribution is 5.34. The summed E-state index contributed by atoms with van der Waals surface area (Å²) in [7, 11) is 1.93. The molecule has 0 radical (unpaired) electrons. The first-order valence-corrected chi connectivity index (χ1v) is 5.58. The summed E-state index contributed by atoms with van der Waals surface area (Å²) in [5, 5.41) is 17.9. The zero-order valence-corrected chi connectivity index (χ0v) is 10.2. The molecule has 1 aromatic carbocycles. The molecule has 0 saturated heterocycles. The molecule has 0 spiro atoms. The number of rotatable bonds is 5. The second-order valence-electron chi connectivity index (χ2n) is 4.30. The largest absolute Gasteiger partial charge is 0.393 e. The maximum atomic E-state index is 13.1. The second kappa shape index (κ2) is 6.33. The fourth-order valence-electron chi connectivity index (χ4n) is 1.55. The summed E-state index contributed by atoms with van der Waals surface area (Å²) < 4.78 is 13.1. The molecule has 0 heterocycles. The monoisotopic (exact) mass is 236 g/mol. The molecule has 0 fully saturated rings. The van der Waals surface area contributed by atoms with Crippen LogP contribution in [0.2, 0.25) is 0 Å². The Balaban J connectivity index is 2.60. The summed E-state index contributed by atoms with van der Waals surface area (Å²) in [5.74, 6) is -0.483. The number of nitrogens with zero attached hydrogens (tertiary/aromatic N) is 2. The molecule has 0 aliphatic carbocycles. The topological polar surface area (TPSA) is 47.3 Å². The van der Waals surface area contributed by atoms with E-state index in [4.69, 9.17) is 10.4 Å². The summed E-state index contributed by atoms with van der Waals surface area (Å²) in [6.07, 6.45) is 0.378. The lowest BCUT2D eigenvalue weighted by molar-refractivity contribution is 0.163. The SMILES string of the molecule is CC(O)CCN(C)Cc1ccc(F)c(C#N)c1. The second-order valence-corrected chi connectivity index (χ2v) is 4.30. The molecule has 17 heavy (non-hydrogen) atoms. The van der Waals surface area contributed by atoms with Gasteiger partial charge in [-0.05, 0) is 38.1 Å². The molecule has 0 saturated carbocycles. The fraction of sp³-hybridized carbons (Fsp3) is 0.462. The van der Waals surface area contributed by atoms with Crippen LogP contribution in [-0.2, 0) is 6.54 Å². The lowest BCUT2D eigenvalue weighted by Gasteiger charge is -2.17. The van der Waals surface area contributed by atoms with Crippen LogP contribution < -0.4 is 0 Å². The number of nitriles is 1. The van der Waals surface area contributed by atoms with Gasteiger partial charge in [0.15, 0.2) is 0 Å². The van der Waals surface area contributed by atoms with Crippen LogP contribution in [0.15, 0.2) is 18.2 Å². The predicted molar refractivity (Wildman–Crippen MR) is 63.7 cm³/mol. The maximum Gasteiger partial charge on any atom is 0.140 e. The summed E-state index contributed by atoms with van der Waals surface area (Å²) in [6.45, 7) is 3.15. The van der Waals surface area contributed by atoms with Gasteiger partial charge in [-0.3, -0.25) is 0 Å². The minimum Gasteiger partial charge on any atom is -0.393 e. The zero-order chi connectivity index (χ0) is 12.8. The smallest absolute Gasteiger partial charge is 0.140 e. The molecule has 0 aliphatic rings. The molecular weight excluding hydrogens is 219 g/mol. The molecule has 0 aliphatic heterocycles. The molecule has 92 valence electrons. The number of aliphatic hydroxyl groups is 1. The summed E-state index contributed by atoms with van der Waals surface area (Å²) in [4.78, 5) is 2.03. The highest BCUT2D eigenvalue weighted by Crippen LogP contribution is 2.11. The van der Waals surface area contributed by atoms with Crippen LogP contribution in [0.4, 0.5) is 4.39 Å². The Hall–Kier alpha value is -1.44. The van der Waals surface area contributed by atoms with E-state index in [0.717, 1.165) is 12.1 Å². The van der Waals surface area contributed by atoms with E-state index in [9.17, 15) is 4.39 Å². The first-order valence-electron chi connectivity index (χ1n) is 5.58. The van der Waals surface area contributed by atoms with Crippen molar-refractivity contribution in [3.8, 4) is 6.07 Å². The highest BCUT2D eigenvalue weighted by Gasteiger charge is 2.06. The minimum atomic E-state index is -0.483. The molecule has 0 amide bonds. The number of aliphatic hydroxyl groups excluding tert-OH is 1. The molecule has 1 N–H and O–H groups in total. The van der Waals surface area contributed by atoms with Crippen molar-refractivity contribution in [2.24, 2.45) is 0 Å². The van der Waals surface area contributed by atoms with Crippen molar-refractivity contribution in [3.63, 3.8) is 0 Å². The molecule has 0 bridgehead atoms. The van der Waals surface area contributed by atoms with Crippen LogP contribution in [-0.4, -0.2) is 29.7 Å². The molecule has 1 rings (SSSR count). The molecule has 3 nitrogen and oxygen atoms in total. The molecule has 1 atom stereocenters. The fourth-order valence-corrected chi connectivity index (χ4v) is 1.55. The quantitative estimate of drug-likeness (QED) is 0.849. The van der Waals surface area contributed by atoms with E-state index in [1.165, 1.54) is 6.07 Å². The van der Waals surface area contributed by atoms with E-state index in [-0.39, 0.29) is 11.7 Å². The van der Waals surface area contributed by atoms with Crippen LogP contribution in [0.25, 0.3) is 0 Å². The summed E-state index contributed by atoms with van der Waals surface area (Å²) in [5.41, 5.74) is 0.975. The standard InChI is InChI=1S/C13H17FN2O/c1-10(17)5-6-16(2)9-11-3-4-13(14)12(7-11)8-15/h3-4,7,10,17H,5-6,9H2,1-2H3. The van der Waals surface area contributed by atoms with Gasteiger partial charge < -0.3 is 10.0 Å². The average molecular weight is 236 g/mol. The van der Waals surface area contributed by atoms with Gasteiger partial charge in [0.25, 0.3) is 0 Å². The van der Waals surface area contributed by atoms with Gasteiger partial charge in [-0.15, -0.1) is 0 Å². The lowest BCUT2D eigenvalue weighted by atomic mass is 10.1. The van der Waals surface area contributed by atoms with Crippen molar-refractivity contribution >= 4 is 0 Å². The first kappa shape index (κ1) is 13.6. The molecular formula is C13H17FN2O. The van der Waals surface area contributed by atoms with Crippen molar-refractivity contribution in [2.75, 3.05) is 13.6 Å². The van der Waals surface area contributed by atoms with Crippen molar-refractivity contribution in [1.82, 2.24) is 4.90 Å². The van der Waals surface area contributed by atoms with Gasteiger partial charge in [-0.1, -0.05) is 6.07 Å². The third-order valence-electron chi connectivity index (χ3n) is 2.53. The van der Waals surface area contributed by atoms with E-state index >= 15 is 0 Å². The Bertz CT molecular complexity index is 412. The van der Waals surface area contributed by atoms with Crippen LogP contribution in [0, 0.1) is 17.1 Å². The van der Waals surface area contributed by atoms with Crippen molar-refractivity contribution in [3.05, 3.63) is 35.1 Å². The van der Waals surface area contributed by atoms with E-state index in [2.05, 4.69) is 0 Å². The number of halogens is 1. The van der Waals surface area contributed by atoms with Gasteiger partial charge in [-0.25, -0.2) is 4.39 Å². The Morgan fingerprint density at radius 1 is 1.53 bits per heavy atom. The van der Waals surface area contributed by atoms with Crippen molar-refractivity contribution < 1.29 is 9.50 Å². The van der Waals surface area contributed by atoms with Gasteiger partial charge in [0.05, 0.1) is 11.7 Å². The third-order valence-corrected chi connectivity index (χ3v) is 2.53. The van der Waals surface area contributed by atoms with Gasteiger partial charge in [0.1, 0.15) is 11.9 Å². The van der Waals surface area contributed by atoms with Gasteiger partial charge in [0.2, 0.25) is 0 Å².